The maximum atomic E-state index is 11.9. The number of hydrogen-bond acceptors (Lipinski definition) is 5. The van der Waals surface area contributed by atoms with Crippen LogP contribution in [-0.2, 0) is 20.9 Å². The molecular weight excluding hydrogens is 376 g/mol. The fourth-order valence-electron chi connectivity index (χ4n) is 1.82. The molecule has 1 aromatic rings. The van der Waals surface area contributed by atoms with Gasteiger partial charge in [-0.1, -0.05) is 0 Å². The van der Waals surface area contributed by atoms with Crippen LogP contribution in [0.15, 0.2) is 15.9 Å². The molecule has 0 saturated carbocycles. The molecule has 2 rings (SSSR count). The molecule has 1 aromatic heterocycles. The third kappa shape index (κ3) is 5.98. The van der Waals surface area contributed by atoms with Crippen LogP contribution in [-0.4, -0.2) is 54.5 Å². The number of thiophene rings is 1. The highest BCUT2D eigenvalue weighted by atomic mass is 79.9. The number of rotatable bonds is 6. The number of thioether (sulfide) groups is 1. The first-order chi connectivity index (χ1) is 10.1. The Bertz CT molecular complexity index is 490. The predicted octanol–water partition coefficient (Wildman–Crippen LogP) is 1.72. The summed E-state index contributed by atoms with van der Waals surface area (Å²) >= 11 is 6.33. The second-order valence-electron chi connectivity index (χ2n) is 4.49. The monoisotopic (exact) mass is 392 g/mol. The van der Waals surface area contributed by atoms with E-state index in [0.717, 1.165) is 9.35 Å². The Morgan fingerprint density at radius 3 is 2.81 bits per heavy atom. The Morgan fingerprint density at radius 1 is 1.38 bits per heavy atom. The van der Waals surface area contributed by atoms with Gasteiger partial charge in [0.2, 0.25) is 11.8 Å². The Kier molecular flexibility index (Phi) is 7.01. The molecule has 116 valence electrons. The fourth-order valence-corrected chi connectivity index (χ4v) is 3.96. The maximum absolute atomic E-state index is 11.9. The van der Waals surface area contributed by atoms with E-state index in [0.29, 0.717) is 44.4 Å². The topological polar surface area (TPSA) is 58.6 Å². The average Bonchev–Trinajstić information content (AvgIpc) is 2.91. The van der Waals surface area contributed by atoms with E-state index in [2.05, 4.69) is 21.2 Å². The number of ether oxygens (including phenoxy) is 1. The van der Waals surface area contributed by atoms with Crippen LogP contribution in [0.4, 0.5) is 0 Å². The smallest absolute Gasteiger partial charge is 0.232 e. The molecule has 1 aliphatic heterocycles. The zero-order chi connectivity index (χ0) is 15.1. The van der Waals surface area contributed by atoms with Crippen LogP contribution in [0.2, 0.25) is 0 Å². The SMILES string of the molecule is O=C(CSCC(=O)N1CCOCC1)NCc1cc(Br)cs1. The molecule has 1 saturated heterocycles. The van der Waals surface area contributed by atoms with Crippen molar-refractivity contribution in [1.82, 2.24) is 10.2 Å². The van der Waals surface area contributed by atoms with Crippen molar-refractivity contribution in [2.45, 2.75) is 6.54 Å². The molecule has 1 N–H and O–H groups in total. The molecule has 0 radical (unpaired) electrons. The van der Waals surface area contributed by atoms with E-state index in [1.54, 1.807) is 16.2 Å². The molecule has 0 aromatic carbocycles. The summed E-state index contributed by atoms with van der Waals surface area (Å²) in [5.74, 6) is 0.693. The van der Waals surface area contributed by atoms with Crippen LogP contribution in [0.1, 0.15) is 4.88 Å². The molecule has 2 heterocycles. The van der Waals surface area contributed by atoms with E-state index in [-0.39, 0.29) is 11.8 Å². The summed E-state index contributed by atoms with van der Waals surface area (Å²) in [4.78, 5) is 26.5. The Balaban J connectivity index is 1.59. The highest BCUT2D eigenvalue weighted by Gasteiger charge is 2.16. The van der Waals surface area contributed by atoms with Crippen LogP contribution in [0.25, 0.3) is 0 Å². The van der Waals surface area contributed by atoms with Crippen LogP contribution in [0.3, 0.4) is 0 Å². The van der Waals surface area contributed by atoms with Crippen molar-refractivity contribution in [3.8, 4) is 0 Å². The molecule has 8 heteroatoms. The Labute approximate surface area is 140 Å². The van der Waals surface area contributed by atoms with E-state index in [1.165, 1.54) is 11.8 Å². The standard InChI is InChI=1S/C13H17BrN2O3S2/c14-10-5-11(21-7-10)6-15-12(17)8-20-9-13(18)16-1-3-19-4-2-16/h5,7H,1-4,6,8-9H2,(H,15,17). The van der Waals surface area contributed by atoms with Crippen LogP contribution in [0.5, 0.6) is 0 Å². The molecule has 0 spiro atoms. The molecule has 0 bridgehead atoms. The van der Waals surface area contributed by atoms with Crippen molar-refractivity contribution in [1.29, 1.82) is 0 Å². The number of nitrogens with zero attached hydrogens (tertiary/aromatic N) is 1. The van der Waals surface area contributed by atoms with Gasteiger partial charge in [0.25, 0.3) is 0 Å². The van der Waals surface area contributed by atoms with Crippen molar-refractivity contribution in [3.05, 3.63) is 20.8 Å². The number of nitrogens with one attached hydrogen (secondary N) is 1. The van der Waals surface area contributed by atoms with Crippen molar-refractivity contribution < 1.29 is 14.3 Å². The van der Waals surface area contributed by atoms with E-state index < -0.39 is 0 Å². The van der Waals surface area contributed by atoms with E-state index in [1.807, 2.05) is 11.4 Å². The lowest BCUT2D eigenvalue weighted by atomic mass is 10.4. The summed E-state index contributed by atoms with van der Waals surface area (Å²) in [6, 6.07) is 1.99. The lowest BCUT2D eigenvalue weighted by Gasteiger charge is -2.26. The van der Waals surface area contributed by atoms with Crippen molar-refractivity contribution in [2.75, 3.05) is 37.8 Å². The number of halogens is 1. The zero-order valence-corrected chi connectivity index (χ0v) is 14.7. The van der Waals surface area contributed by atoms with Crippen LogP contribution >= 0.6 is 39.0 Å². The van der Waals surface area contributed by atoms with E-state index in [4.69, 9.17) is 4.74 Å². The highest BCUT2D eigenvalue weighted by Crippen LogP contribution is 2.19. The molecule has 0 atom stereocenters. The summed E-state index contributed by atoms with van der Waals surface area (Å²) in [5, 5.41) is 4.83. The lowest BCUT2D eigenvalue weighted by molar-refractivity contribution is -0.132. The summed E-state index contributed by atoms with van der Waals surface area (Å²) in [7, 11) is 0. The van der Waals surface area contributed by atoms with Crippen molar-refractivity contribution in [2.24, 2.45) is 0 Å². The zero-order valence-electron chi connectivity index (χ0n) is 11.5. The van der Waals surface area contributed by atoms with Gasteiger partial charge >= 0.3 is 0 Å². The molecule has 2 amide bonds. The van der Waals surface area contributed by atoms with E-state index >= 15 is 0 Å². The van der Waals surface area contributed by atoms with Gasteiger partial charge in [0.1, 0.15) is 0 Å². The van der Waals surface area contributed by atoms with Gasteiger partial charge < -0.3 is 15.0 Å². The summed E-state index contributed by atoms with van der Waals surface area (Å²) in [6.45, 7) is 3.05. The normalized spacial score (nSPS) is 15.0. The van der Waals surface area contributed by atoms with Gasteiger partial charge in [0.15, 0.2) is 0 Å². The van der Waals surface area contributed by atoms with Gasteiger partial charge in [-0.3, -0.25) is 9.59 Å². The maximum Gasteiger partial charge on any atom is 0.232 e. The molecule has 1 aliphatic rings. The number of morpholine rings is 1. The van der Waals surface area contributed by atoms with Crippen molar-refractivity contribution >= 4 is 50.8 Å². The molecule has 21 heavy (non-hydrogen) atoms. The Hall–Kier alpha value is -0.570. The van der Waals surface area contributed by atoms with Crippen LogP contribution in [0, 0.1) is 0 Å². The Morgan fingerprint density at radius 2 is 2.14 bits per heavy atom. The summed E-state index contributed by atoms with van der Waals surface area (Å²) in [6.07, 6.45) is 0. The van der Waals surface area contributed by atoms with Crippen molar-refractivity contribution in [3.63, 3.8) is 0 Å². The summed E-state index contributed by atoms with van der Waals surface area (Å²) < 4.78 is 6.23. The summed E-state index contributed by atoms with van der Waals surface area (Å²) in [5.41, 5.74) is 0. The average molecular weight is 393 g/mol. The third-order valence-electron chi connectivity index (χ3n) is 2.90. The molecule has 1 fully saturated rings. The number of amides is 2. The number of carbonyl (C=O) groups is 2. The minimum absolute atomic E-state index is 0.0423. The largest absolute Gasteiger partial charge is 0.378 e. The second-order valence-corrected chi connectivity index (χ2v) is 7.39. The number of carbonyl (C=O) groups excluding carboxylic acids is 2. The highest BCUT2D eigenvalue weighted by molar-refractivity contribution is 9.10. The first-order valence-corrected chi connectivity index (χ1v) is 9.41. The third-order valence-corrected chi connectivity index (χ3v) is 5.52. The molecule has 0 aliphatic carbocycles. The second kappa shape index (κ2) is 8.77. The quantitative estimate of drug-likeness (QED) is 0.800. The van der Waals surface area contributed by atoms with Gasteiger partial charge in [0.05, 0.1) is 31.3 Å². The van der Waals surface area contributed by atoms with Gasteiger partial charge in [-0.25, -0.2) is 0 Å². The first-order valence-electron chi connectivity index (χ1n) is 6.58. The van der Waals surface area contributed by atoms with Gasteiger partial charge in [-0.15, -0.1) is 23.1 Å². The number of hydrogen-bond donors (Lipinski definition) is 1. The van der Waals surface area contributed by atoms with Gasteiger partial charge in [-0.05, 0) is 22.0 Å². The molecule has 0 unspecified atom stereocenters. The van der Waals surface area contributed by atoms with Gasteiger partial charge in [0, 0.05) is 27.8 Å². The lowest BCUT2D eigenvalue weighted by Crippen LogP contribution is -2.41. The molecule has 5 nitrogen and oxygen atoms in total. The first kappa shape index (κ1) is 16.8. The molecular formula is C13H17BrN2O3S2. The van der Waals surface area contributed by atoms with Gasteiger partial charge in [-0.2, -0.15) is 0 Å². The van der Waals surface area contributed by atoms with Crippen LogP contribution < -0.4 is 5.32 Å². The fraction of sp³-hybridized carbons (Fsp3) is 0.538. The predicted molar refractivity (Wildman–Crippen MR) is 88.6 cm³/mol. The minimum atomic E-state index is -0.0423. The minimum Gasteiger partial charge on any atom is -0.378 e. The van der Waals surface area contributed by atoms with E-state index in [9.17, 15) is 9.59 Å².